The van der Waals surface area contributed by atoms with Crippen LogP contribution >= 0.6 is 15.9 Å². The molecule has 2 aromatic heterocycles. The van der Waals surface area contributed by atoms with Crippen molar-refractivity contribution in [1.82, 2.24) is 19.7 Å². The van der Waals surface area contributed by atoms with Crippen LogP contribution in [-0.2, 0) is 11.3 Å². The monoisotopic (exact) mass is 429 g/mol. The van der Waals surface area contributed by atoms with Crippen LogP contribution in [0.15, 0.2) is 28.9 Å². The first kappa shape index (κ1) is 17.9. The van der Waals surface area contributed by atoms with Crippen molar-refractivity contribution in [3.63, 3.8) is 0 Å². The first-order chi connectivity index (χ1) is 13.1. The molecule has 1 unspecified atom stereocenters. The van der Waals surface area contributed by atoms with Crippen molar-refractivity contribution in [2.75, 3.05) is 23.7 Å². The Morgan fingerprint density at radius 3 is 3.00 bits per heavy atom. The number of carbonyl (C=O) groups is 1. The second-order valence-electron chi connectivity index (χ2n) is 6.43. The van der Waals surface area contributed by atoms with E-state index in [1.165, 1.54) is 0 Å². The number of aryl methyl sites for hydroxylation is 1. The van der Waals surface area contributed by atoms with Gasteiger partial charge in [-0.25, -0.2) is 4.98 Å². The lowest BCUT2D eigenvalue weighted by atomic mass is 9.95. The van der Waals surface area contributed by atoms with E-state index in [-0.39, 0.29) is 5.91 Å². The SMILES string of the molecule is CCCn1cc2c(C3C(=O)Nc4ccc(Br)cc43)nc(NCCN)nc2n1. The molecule has 9 heteroatoms. The Kier molecular flexibility index (Phi) is 4.79. The number of benzene rings is 1. The molecule has 3 aromatic rings. The highest BCUT2D eigenvalue weighted by molar-refractivity contribution is 9.10. The summed E-state index contributed by atoms with van der Waals surface area (Å²) in [6.07, 6.45) is 2.87. The molecule has 0 spiro atoms. The molecular weight excluding hydrogens is 410 g/mol. The average molecular weight is 430 g/mol. The van der Waals surface area contributed by atoms with E-state index in [1.807, 2.05) is 29.1 Å². The highest BCUT2D eigenvalue weighted by atomic mass is 79.9. The molecule has 1 amide bonds. The molecule has 27 heavy (non-hydrogen) atoms. The fraction of sp³-hybridized carbons (Fsp3) is 0.333. The zero-order chi connectivity index (χ0) is 19.0. The highest BCUT2D eigenvalue weighted by Gasteiger charge is 2.35. The van der Waals surface area contributed by atoms with Gasteiger partial charge in [-0.3, -0.25) is 9.48 Å². The average Bonchev–Trinajstić information content (AvgIpc) is 3.19. The molecule has 0 fully saturated rings. The van der Waals surface area contributed by atoms with E-state index in [0.717, 1.165) is 34.1 Å². The highest BCUT2D eigenvalue weighted by Crippen LogP contribution is 2.40. The normalized spacial score (nSPS) is 15.8. The lowest BCUT2D eigenvalue weighted by Gasteiger charge is -2.12. The standard InChI is InChI=1S/C18H20BrN7O/c1-2-7-26-9-12-15(23-18(21-6-5-20)24-16(12)25-26)14-11-8-10(19)3-4-13(11)22-17(14)27/h3-4,8-9,14H,2,5-7,20H2,1H3,(H,22,27)(H,21,24,25). The number of anilines is 2. The third-order valence-electron chi connectivity index (χ3n) is 4.45. The maximum atomic E-state index is 12.8. The van der Waals surface area contributed by atoms with Gasteiger partial charge in [0.25, 0.3) is 0 Å². The summed E-state index contributed by atoms with van der Waals surface area (Å²) in [6, 6.07) is 5.75. The quantitative estimate of drug-likeness (QED) is 0.554. The number of nitrogens with zero attached hydrogens (tertiary/aromatic N) is 4. The molecule has 4 N–H and O–H groups in total. The zero-order valence-electron chi connectivity index (χ0n) is 14.9. The van der Waals surface area contributed by atoms with E-state index in [9.17, 15) is 4.79 Å². The van der Waals surface area contributed by atoms with Crippen molar-refractivity contribution in [3.05, 3.63) is 40.1 Å². The van der Waals surface area contributed by atoms with E-state index in [1.54, 1.807) is 0 Å². The predicted octanol–water partition coefficient (Wildman–Crippen LogP) is 2.45. The third kappa shape index (κ3) is 3.28. The van der Waals surface area contributed by atoms with Crippen LogP contribution in [0.25, 0.3) is 11.0 Å². The largest absolute Gasteiger partial charge is 0.353 e. The van der Waals surface area contributed by atoms with Gasteiger partial charge in [-0.1, -0.05) is 22.9 Å². The lowest BCUT2D eigenvalue weighted by Crippen LogP contribution is -2.18. The van der Waals surface area contributed by atoms with Crippen molar-refractivity contribution >= 4 is 44.5 Å². The van der Waals surface area contributed by atoms with Gasteiger partial charge >= 0.3 is 0 Å². The molecule has 1 atom stereocenters. The van der Waals surface area contributed by atoms with Crippen molar-refractivity contribution in [2.24, 2.45) is 5.73 Å². The van der Waals surface area contributed by atoms with E-state index >= 15 is 0 Å². The first-order valence-electron chi connectivity index (χ1n) is 8.90. The lowest BCUT2D eigenvalue weighted by molar-refractivity contribution is -0.116. The van der Waals surface area contributed by atoms with Gasteiger partial charge in [0, 0.05) is 36.0 Å². The maximum Gasteiger partial charge on any atom is 0.238 e. The van der Waals surface area contributed by atoms with Gasteiger partial charge in [0.15, 0.2) is 5.65 Å². The summed E-state index contributed by atoms with van der Waals surface area (Å²) in [5.74, 6) is -0.183. The molecule has 8 nitrogen and oxygen atoms in total. The molecule has 0 radical (unpaired) electrons. The van der Waals surface area contributed by atoms with Crippen molar-refractivity contribution in [1.29, 1.82) is 0 Å². The van der Waals surface area contributed by atoms with Crippen LogP contribution in [0, 0.1) is 0 Å². The van der Waals surface area contributed by atoms with Crippen LogP contribution in [-0.4, -0.2) is 38.7 Å². The van der Waals surface area contributed by atoms with Crippen molar-refractivity contribution in [2.45, 2.75) is 25.8 Å². The molecule has 0 saturated carbocycles. The Morgan fingerprint density at radius 2 is 2.22 bits per heavy atom. The van der Waals surface area contributed by atoms with E-state index in [4.69, 9.17) is 5.73 Å². The van der Waals surface area contributed by atoms with E-state index in [2.05, 4.69) is 48.6 Å². The zero-order valence-corrected chi connectivity index (χ0v) is 16.5. The number of aromatic nitrogens is 4. The number of hydrogen-bond acceptors (Lipinski definition) is 6. The minimum Gasteiger partial charge on any atom is -0.353 e. The minimum absolute atomic E-state index is 0.101. The Balaban J connectivity index is 1.89. The molecule has 0 bridgehead atoms. The minimum atomic E-state index is -0.513. The number of nitrogens with two attached hydrogens (primary N) is 1. The maximum absolute atomic E-state index is 12.8. The van der Waals surface area contributed by atoms with Gasteiger partial charge in [-0.05, 0) is 30.2 Å². The summed E-state index contributed by atoms with van der Waals surface area (Å²) in [7, 11) is 0. The van der Waals surface area contributed by atoms with Crippen LogP contribution in [0.5, 0.6) is 0 Å². The molecule has 140 valence electrons. The smallest absolute Gasteiger partial charge is 0.238 e. The van der Waals surface area contributed by atoms with E-state index in [0.29, 0.717) is 30.4 Å². The Morgan fingerprint density at radius 1 is 1.37 bits per heavy atom. The summed E-state index contributed by atoms with van der Waals surface area (Å²) in [5.41, 5.74) is 8.50. The summed E-state index contributed by atoms with van der Waals surface area (Å²) in [6.45, 7) is 3.87. The van der Waals surface area contributed by atoms with Gasteiger partial charge in [0.2, 0.25) is 11.9 Å². The molecule has 1 aliphatic rings. The number of amides is 1. The van der Waals surface area contributed by atoms with E-state index < -0.39 is 5.92 Å². The van der Waals surface area contributed by atoms with Crippen LogP contribution < -0.4 is 16.4 Å². The fourth-order valence-corrected chi connectivity index (χ4v) is 3.68. The number of rotatable bonds is 6. The summed E-state index contributed by atoms with van der Waals surface area (Å²) in [5, 5.41) is 11.4. The summed E-state index contributed by atoms with van der Waals surface area (Å²) in [4.78, 5) is 22.0. The molecule has 1 aliphatic heterocycles. The predicted molar refractivity (Wildman–Crippen MR) is 108 cm³/mol. The Bertz CT molecular complexity index is 1020. The van der Waals surface area contributed by atoms with Crippen LogP contribution in [0.3, 0.4) is 0 Å². The Labute approximate surface area is 164 Å². The van der Waals surface area contributed by atoms with Gasteiger partial charge in [-0.15, -0.1) is 0 Å². The molecule has 4 rings (SSSR count). The molecule has 1 aromatic carbocycles. The van der Waals surface area contributed by atoms with Crippen LogP contribution in [0.1, 0.15) is 30.5 Å². The van der Waals surface area contributed by atoms with Gasteiger partial charge in [0.05, 0.1) is 11.1 Å². The number of nitrogens with one attached hydrogen (secondary N) is 2. The summed E-state index contributed by atoms with van der Waals surface area (Å²) < 4.78 is 2.76. The molecule has 0 saturated heterocycles. The van der Waals surface area contributed by atoms with Gasteiger partial charge in [-0.2, -0.15) is 10.1 Å². The number of halogens is 1. The van der Waals surface area contributed by atoms with Crippen LogP contribution in [0.4, 0.5) is 11.6 Å². The number of hydrogen-bond donors (Lipinski definition) is 3. The van der Waals surface area contributed by atoms with Crippen molar-refractivity contribution in [3.8, 4) is 0 Å². The second-order valence-corrected chi connectivity index (χ2v) is 7.35. The topological polar surface area (TPSA) is 111 Å². The fourth-order valence-electron chi connectivity index (χ4n) is 3.30. The first-order valence-corrected chi connectivity index (χ1v) is 9.69. The molecule has 0 aliphatic carbocycles. The molecule has 3 heterocycles. The van der Waals surface area contributed by atoms with Crippen molar-refractivity contribution < 1.29 is 4.79 Å². The van der Waals surface area contributed by atoms with Gasteiger partial charge < -0.3 is 16.4 Å². The Hall–Kier alpha value is -2.52. The number of fused-ring (bicyclic) bond motifs is 2. The number of carbonyl (C=O) groups excluding carboxylic acids is 1. The molecular formula is C18H20BrN7O. The van der Waals surface area contributed by atoms with Crippen LogP contribution in [0.2, 0.25) is 0 Å². The third-order valence-corrected chi connectivity index (χ3v) is 4.95. The van der Waals surface area contributed by atoms with Gasteiger partial charge in [0.1, 0.15) is 5.92 Å². The summed E-state index contributed by atoms with van der Waals surface area (Å²) >= 11 is 3.49. The second kappa shape index (κ2) is 7.24.